The number of nitrogens with zero attached hydrogens (tertiary/aromatic N) is 5. The van der Waals surface area contributed by atoms with Crippen molar-refractivity contribution in [3.8, 4) is 17.0 Å². The molecule has 4 heterocycles. The maximum Gasteiger partial charge on any atom is 0.307 e. The Hall–Kier alpha value is -3.51. The monoisotopic (exact) mass is 472 g/mol. The van der Waals surface area contributed by atoms with Gasteiger partial charge in [0.1, 0.15) is 18.4 Å². The lowest BCUT2D eigenvalue weighted by Gasteiger charge is -2.29. The largest absolute Gasteiger partial charge is 0.487 e. The average molecular weight is 472 g/mol. The Morgan fingerprint density at radius 3 is 2.88 bits per heavy atom. The molecule has 3 aromatic heterocycles. The Bertz CT molecular complexity index is 1260. The number of carboxylic acid groups (broad SMARTS) is 1. The van der Waals surface area contributed by atoms with E-state index in [-0.39, 0.29) is 17.5 Å². The van der Waals surface area contributed by atoms with E-state index in [1.165, 1.54) is 15.4 Å². The highest BCUT2D eigenvalue weighted by Crippen LogP contribution is 2.39. The molecule has 3 atom stereocenters. The second-order valence-electron chi connectivity index (χ2n) is 8.76. The van der Waals surface area contributed by atoms with E-state index in [1.54, 1.807) is 25.4 Å². The topological polar surface area (TPSA) is 123 Å². The molecule has 0 aromatic carbocycles. The van der Waals surface area contributed by atoms with Gasteiger partial charge in [0.15, 0.2) is 17.4 Å². The molecule has 0 bridgehead atoms. The molecular formula is C22H25FN6O5. The highest BCUT2D eigenvalue weighted by atomic mass is 19.1. The number of carbonyl (C=O) groups is 2. The van der Waals surface area contributed by atoms with Crippen LogP contribution in [-0.2, 0) is 21.4 Å². The quantitative estimate of drug-likeness (QED) is 0.527. The number of ether oxygens (including phenoxy) is 2. The number of morpholine rings is 1. The highest BCUT2D eigenvalue weighted by molar-refractivity contribution is 5.98. The van der Waals surface area contributed by atoms with Gasteiger partial charge >= 0.3 is 5.97 Å². The van der Waals surface area contributed by atoms with Gasteiger partial charge in [0, 0.05) is 31.8 Å². The van der Waals surface area contributed by atoms with Gasteiger partial charge in [-0.25, -0.2) is 8.91 Å². The lowest BCUT2D eigenvalue weighted by atomic mass is 10.1. The summed E-state index contributed by atoms with van der Waals surface area (Å²) in [5, 5.41) is 20.0. The number of aromatic nitrogens is 4. The maximum atomic E-state index is 15.1. The van der Waals surface area contributed by atoms with Gasteiger partial charge in [0.05, 0.1) is 36.4 Å². The minimum absolute atomic E-state index is 0.0904. The van der Waals surface area contributed by atoms with E-state index in [1.807, 2.05) is 7.05 Å². The van der Waals surface area contributed by atoms with Crippen molar-refractivity contribution in [2.45, 2.75) is 12.5 Å². The molecule has 1 aliphatic carbocycles. The number of nitrogens with one attached hydrogen (secondary N) is 1. The lowest BCUT2D eigenvalue weighted by Crippen LogP contribution is -2.42. The summed E-state index contributed by atoms with van der Waals surface area (Å²) in [5.41, 5.74) is 1.29. The van der Waals surface area contributed by atoms with Crippen LogP contribution in [0.2, 0.25) is 0 Å². The van der Waals surface area contributed by atoms with Crippen LogP contribution >= 0.6 is 0 Å². The van der Waals surface area contributed by atoms with Crippen LogP contribution in [0.4, 0.5) is 10.2 Å². The summed E-state index contributed by atoms with van der Waals surface area (Å²) in [6.07, 6.45) is 2.97. The Kier molecular flexibility index (Phi) is 5.70. The Labute approximate surface area is 194 Å². The van der Waals surface area contributed by atoms with E-state index in [0.717, 1.165) is 13.1 Å². The Balaban J connectivity index is 1.36. The summed E-state index contributed by atoms with van der Waals surface area (Å²) in [6, 6.07) is 3.20. The summed E-state index contributed by atoms with van der Waals surface area (Å²) in [5.74, 6) is -2.52. The number of rotatable bonds is 7. The van der Waals surface area contributed by atoms with E-state index in [2.05, 4.69) is 20.4 Å². The third kappa shape index (κ3) is 4.33. The van der Waals surface area contributed by atoms with Crippen LogP contribution in [0.1, 0.15) is 6.42 Å². The van der Waals surface area contributed by atoms with Crippen molar-refractivity contribution in [2.24, 2.45) is 18.9 Å². The van der Waals surface area contributed by atoms with Gasteiger partial charge in [-0.2, -0.15) is 5.10 Å². The number of aryl methyl sites for hydroxylation is 1. The number of anilines is 1. The average Bonchev–Trinajstić information content (AvgIpc) is 3.40. The molecule has 2 fully saturated rings. The number of hydrogen-bond donors (Lipinski definition) is 2. The molecule has 180 valence electrons. The molecule has 1 saturated heterocycles. The molecular weight excluding hydrogens is 447 g/mol. The fraction of sp³-hybridized carbons (Fsp3) is 0.455. The lowest BCUT2D eigenvalue weighted by molar-refractivity contribution is -0.139. The van der Waals surface area contributed by atoms with Crippen LogP contribution in [0.5, 0.6) is 5.75 Å². The predicted molar refractivity (Wildman–Crippen MR) is 118 cm³/mol. The first-order valence-corrected chi connectivity index (χ1v) is 11.0. The van der Waals surface area contributed by atoms with E-state index < -0.39 is 29.5 Å². The van der Waals surface area contributed by atoms with Crippen LogP contribution in [0, 0.1) is 17.7 Å². The number of carboxylic acids is 1. The minimum atomic E-state index is -0.988. The molecule has 5 rings (SSSR count). The molecule has 1 amide bonds. The molecule has 0 radical (unpaired) electrons. The molecule has 12 heteroatoms. The summed E-state index contributed by atoms with van der Waals surface area (Å²) < 4.78 is 29.6. The van der Waals surface area contributed by atoms with Gasteiger partial charge in [-0.05, 0) is 19.5 Å². The summed E-state index contributed by atoms with van der Waals surface area (Å²) in [4.78, 5) is 25.4. The maximum absolute atomic E-state index is 15.1. The van der Waals surface area contributed by atoms with Crippen molar-refractivity contribution >= 4 is 23.2 Å². The number of aliphatic carboxylic acids is 1. The molecule has 2 unspecified atom stereocenters. The molecule has 2 aliphatic rings. The first-order valence-electron chi connectivity index (χ1n) is 11.0. The first-order chi connectivity index (χ1) is 16.3. The van der Waals surface area contributed by atoms with Gasteiger partial charge in [-0.3, -0.25) is 14.3 Å². The number of halogens is 1. The standard InChI is InChI=1S/C22H25FN6O5/c1-27-3-4-33-13(9-27)11-34-18-8-24-28(2)20(18)16-5-12-6-19(26-29(12)10-17(16)23)25-21(30)14-7-15(14)22(31)32/h5-6,8,10,13-15H,3-4,7,9,11H2,1-2H3,(H,31,32)(H,25,26,30)/t13-,14?,15?/m1/s1. The number of amides is 1. The third-order valence-corrected chi connectivity index (χ3v) is 6.17. The van der Waals surface area contributed by atoms with Crippen molar-refractivity contribution < 1.29 is 28.6 Å². The van der Waals surface area contributed by atoms with Crippen LogP contribution < -0.4 is 10.1 Å². The third-order valence-electron chi connectivity index (χ3n) is 6.17. The molecule has 0 spiro atoms. The second kappa shape index (κ2) is 8.69. The van der Waals surface area contributed by atoms with Gasteiger partial charge in [0.2, 0.25) is 5.91 Å². The number of carbonyl (C=O) groups excluding carboxylic acids is 1. The minimum Gasteiger partial charge on any atom is -0.487 e. The van der Waals surface area contributed by atoms with Crippen LogP contribution in [-0.4, -0.2) is 80.7 Å². The summed E-state index contributed by atoms with van der Waals surface area (Å²) >= 11 is 0. The molecule has 1 aliphatic heterocycles. The summed E-state index contributed by atoms with van der Waals surface area (Å²) in [7, 11) is 3.72. The SMILES string of the molecule is CN1CCO[C@@H](COc2cnn(C)c2-c2cc3cc(NC(=O)C4CC4C(=O)O)nn3cc2F)C1. The second-order valence-corrected chi connectivity index (χ2v) is 8.76. The van der Waals surface area contributed by atoms with Crippen molar-refractivity contribution in [1.82, 2.24) is 24.3 Å². The Morgan fingerprint density at radius 2 is 2.15 bits per heavy atom. The smallest absolute Gasteiger partial charge is 0.307 e. The van der Waals surface area contributed by atoms with E-state index >= 15 is 4.39 Å². The zero-order valence-corrected chi connectivity index (χ0v) is 18.8. The van der Waals surface area contributed by atoms with Gasteiger partial charge in [-0.15, -0.1) is 5.10 Å². The highest BCUT2D eigenvalue weighted by Gasteiger charge is 2.48. The van der Waals surface area contributed by atoms with Gasteiger partial charge in [-0.1, -0.05) is 0 Å². The number of likely N-dealkylation sites (N-methyl/N-ethyl adjacent to an activating group) is 1. The van der Waals surface area contributed by atoms with Gasteiger partial charge in [0.25, 0.3) is 0 Å². The Morgan fingerprint density at radius 1 is 1.32 bits per heavy atom. The predicted octanol–water partition coefficient (Wildman–Crippen LogP) is 1.24. The van der Waals surface area contributed by atoms with Crippen LogP contribution in [0.15, 0.2) is 24.5 Å². The zero-order valence-electron chi connectivity index (χ0n) is 18.8. The van der Waals surface area contributed by atoms with Crippen molar-refractivity contribution in [3.05, 3.63) is 30.3 Å². The molecule has 34 heavy (non-hydrogen) atoms. The van der Waals surface area contributed by atoms with Gasteiger partial charge < -0.3 is 24.8 Å². The van der Waals surface area contributed by atoms with Crippen molar-refractivity contribution in [2.75, 3.05) is 38.7 Å². The number of pyridine rings is 1. The molecule has 11 nitrogen and oxygen atoms in total. The molecule has 2 N–H and O–H groups in total. The number of hydrogen-bond acceptors (Lipinski definition) is 7. The van der Waals surface area contributed by atoms with Crippen molar-refractivity contribution in [3.63, 3.8) is 0 Å². The zero-order chi connectivity index (χ0) is 24.0. The van der Waals surface area contributed by atoms with E-state index in [4.69, 9.17) is 14.6 Å². The normalized spacial score (nSPS) is 22.6. The van der Waals surface area contributed by atoms with Crippen LogP contribution in [0.25, 0.3) is 16.8 Å². The summed E-state index contributed by atoms with van der Waals surface area (Å²) in [6.45, 7) is 2.56. The van der Waals surface area contributed by atoms with Crippen LogP contribution in [0.3, 0.4) is 0 Å². The fourth-order valence-electron chi connectivity index (χ4n) is 4.21. The first kappa shape index (κ1) is 22.3. The number of fused-ring (bicyclic) bond motifs is 1. The molecule has 1 saturated carbocycles. The van der Waals surface area contributed by atoms with E-state index in [9.17, 15) is 9.59 Å². The van der Waals surface area contributed by atoms with Crippen molar-refractivity contribution in [1.29, 1.82) is 0 Å². The fourth-order valence-corrected chi connectivity index (χ4v) is 4.21. The van der Waals surface area contributed by atoms with E-state index in [0.29, 0.717) is 36.6 Å². The molecule has 3 aromatic rings.